The van der Waals surface area contributed by atoms with Gasteiger partial charge in [-0.25, -0.2) is 8.42 Å². The Kier molecular flexibility index (Phi) is 6.59. The van der Waals surface area contributed by atoms with Crippen LogP contribution in [0, 0.1) is 6.92 Å². The van der Waals surface area contributed by atoms with Gasteiger partial charge in [-0.3, -0.25) is 13.9 Å². The van der Waals surface area contributed by atoms with E-state index in [1.165, 1.54) is 18.2 Å². The van der Waals surface area contributed by atoms with Crippen molar-refractivity contribution in [2.24, 2.45) is 0 Å². The number of sulfonamides is 1. The molecule has 1 saturated heterocycles. The number of aryl methyl sites for hydroxylation is 1. The summed E-state index contributed by atoms with van der Waals surface area (Å²) in [6, 6.07) is 9.60. The molecule has 0 atom stereocenters. The molecular formula is C20H21Cl2N3O4S. The van der Waals surface area contributed by atoms with E-state index in [0.29, 0.717) is 23.7 Å². The van der Waals surface area contributed by atoms with Gasteiger partial charge >= 0.3 is 0 Å². The number of rotatable bonds is 6. The lowest BCUT2D eigenvalue weighted by molar-refractivity contribution is -0.117. The number of hydrogen-bond donors (Lipinski definition) is 1. The van der Waals surface area contributed by atoms with Gasteiger partial charge in [0.1, 0.15) is 6.54 Å². The van der Waals surface area contributed by atoms with Crippen molar-refractivity contribution in [3.63, 3.8) is 0 Å². The van der Waals surface area contributed by atoms with Crippen LogP contribution in [0.5, 0.6) is 0 Å². The highest BCUT2D eigenvalue weighted by molar-refractivity contribution is 7.92. The van der Waals surface area contributed by atoms with Gasteiger partial charge in [0.25, 0.3) is 0 Å². The smallest absolute Gasteiger partial charge is 0.245 e. The van der Waals surface area contributed by atoms with Crippen LogP contribution in [-0.4, -0.2) is 39.6 Å². The molecule has 2 aromatic rings. The first-order valence-electron chi connectivity index (χ1n) is 9.20. The summed E-state index contributed by atoms with van der Waals surface area (Å²) in [5, 5.41) is 3.15. The van der Waals surface area contributed by atoms with E-state index in [-0.39, 0.29) is 16.6 Å². The molecule has 1 N–H and O–H groups in total. The molecule has 2 amide bonds. The predicted molar refractivity (Wildman–Crippen MR) is 120 cm³/mol. The molecule has 30 heavy (non-hydrogen) atoms. The zero-order valence-corrected chi connectivity index (χ0v) is 18.8. The van der Waals surface area contributed by atoms with E-state index in [1.807, 2.05) is 6.92 Å². The fourth-order valence-corrected chi connectivity index (χ4v) is 4.62. The standard InChI is InChI=1S/C20H21Cl2N3O4S/c1-13-10-15(6-8-17(13)24-9-3-4-20(24)27)23-19(26)12-25(30(2,28)29)18-11-14(21)5-7-16(18)22/h5-8,10-11H,3-4,9,12H2,1-2H3,(H,23,26). The van der Waals surface area contributed by atoms with Gasteiger partial charge in [0.2, 0.25) is 21.8 Å². The molecule has 3 rings (SSSR count). The summed E-state index contributed by atoms with van der Waals surface area (Å²) >= 11 is 12.1. The molecule has 0 radical (unpaired) electrons. The molecule has 1 aliphatic heterocycles. The van der Waals surface area contributed by atoms with E-state index in [2.05, 4.69) is 5.32 Å². The van der Waals surface area contributed by atoms with Crippen molar-refractivity contribution < 1.29 is 18.0 Å². The predicted octanol–water partition coefficient (Wildman–Crippen LogP) is 3.83. The van der Waals surface area contributed by atoms with Crippen LogP contribution in [-0.2, 0) is 19.6 Å². The Morgan fingerprint density at radius 3 is 2.53 bits per heavy atom. The van der Waals surface area contributed by atoms with E-state index in [9.17, 15) is 18.0 Å². The van der Waals surface area contributed by atoms with Crippen LogP contribution < -0.4 is 14.5 Å². The molecule has 0 unspecified atom stereocenters. The lowest BCUT2D eigenvalue weighted by Gasteiger charge is -2.23. The van der Waals surface area contributed by atoms with Gasteiger partial charge in [-0.05, 0) is 55.3 Å². The van der Waals surface area contributed by atoms with E-state index >= 15 is 0 Å². The van der Waals surface area contributed by atoms with Crippen LogP contribution in [0.4, 0.5) is 17.1 Å². The minimum Gasteiger partial charge on any atom is -0.325 e. The van der Waals surface area contributed by atoms with Gasteiger partial charge in [-0.1, -0.05) is 23.2 Å². The number of benzene rings is 2. The van der Waals surface area contributed by atoms with Crippen molar-refractivity contribution in [3.05, 3.63) is 52.0 Å². The number of amides is 2. The largest absolute Gasteiger partial charge is 0.325 e. The highest BCUT2D eigenvalue weighted by Crippen LogP contribution is 2.31. The molecule has 0 aliphatic carbocycles. The lowest BCUT2D eigenvalue weighted by atomic mass is 10.1. The molecule has 7 nitrogen and oxygen atoms in total. The summed E-state index contributed by atoms with van der Waals surface area (Å²) in [7, 11) is -3.79. The number of nitrogens with zero attached hydrogens (tertiary/aromatic N) is 2. The maximum Gasteiger partial charge on any atom is 0.245 e. The second-order valence-corrected chi connectivity index (χ2v) is 9.81. The SMILES string of the molecule is Cc1cc(NC(=O)CN(c2cc(Cl)ccc2Cl)S(C)(=O)=O)ccc1N1CCCC1=O. The monoisotopic (exact) mass is 469 g/mol. The van der Waals surface area contributed by atoms with Crippen molar-refractivity contribution in [1.82, 2.24) is 0 Å². The maximum atomic E-state index is 12.6. The molecule has 1 fully saturated rings. The molecule has 0 saturated carbocycles. The second kappa shape index (κ2) is 8.83. The van der Waals surface area contributed by atoms with Gasteiger partial charge in [0.15, 0.2) is 0 Å². The fraction of sp³-hybridized carbons (Fsp3) is 0.300. The quantitative estimate of drug-likeness (QED) is 0.695. The second-order valence-electron chi connectivity index (χ2n) is 7.06. The number of hydrogen-bond acceptors (Lipinski definition) is 4. The Balaban J connectivity index is 1.78. The van der Waals surface area contributed by atoms with E-state index in [0.717, 1.165) is 28.2 Å². The molecular weight excluding hydrogens is 449 g/mol. The number of halogens is 2. The first kappa shape index (κ1) is 22.4. The average Bonchev–Trinajstić information content (AvgIpc) is 3.07. The van der Waals surface area contributed by atoms with Gasteiger partial charge in [0.05, 0.1) is 17.0 Å². The molecule has 0 aromatic heterocycles. The molecule has 1 aliphatic rings. The van der Waals surface area contributed by atoms with Crippen LogP contribution in [0.1, 0.15) is 18.4 Å². The molecule has 2 aromatic carbocycles. The topological polar surface area (TPSA) is 86.8 Å². The molecule has 10 heteroatoms. The number of carbonyl (C=O) groups is 2. The Labute approximate surface area is 185 Å². The van der Waals surface area contributed by atoms with Gasteiger partial charge < -0.3 is 10.2 Å². The number of anilines is 3. The third-order valence-corrected chi connectivity index (χ3v) is 6.39. The third-order valence-electron chi connectivity index (χ3n) is 4.71. The Morgan fingerprint density at radius 2 is 1.93 bits per heavy atom. The lowest BCUT2D eigenvalue weighted by Crippen LogP contribution is -2.37. The van der Waals surface area contributed by atoms with E-state index < -0.39 is 22.5 Å². The van der Waals surface area contributed by atoms with Gasteiger partial charge in [-0.2, -0.15) is 0 Å². The first-order chi connectivity index (χ1) is 14.1. The Bertz CT molecular complexity index is 1110. The van der Waals surface area contributed by atoms with Crippen LogP contribution in [0.25, 0.3) is 0 Å². The summed E-state index contributed by atoms with van der Waals surface area (Å²) in [5.41, 5.74) is 2.26. The fourth-order valence-electron chi connectivity index (χ4n) is 3.33. The van der Waals surface area contributed by atoms with Crippen LogP contribution in [0.3, 0.4) is 0 Å². The highest BCUT2D eigenvalue weighted by atomic mass is 35.5. The zero-order valence-electron chi connectivity index (χ0n) is 16.5. The first-order valence-corrected chi connectivity index (χ1v) is 11.8. The average molecular weight is 470 g/mol. The Hall–Kier alpha value is -2.29. The van der Waals surface area contributed by atoms with Crippen molar-refractivity contribution >= 4 is 62.1 Å². The molecule has 160 valence electrons. The molecule has 0 spiro atoms. The summed E-state index contributed by atoms with van der Waals surface area (Å²) < 4.78 is 25.4. The molecule has 0 bridgehead atoms. The zero-order chi connectivity index (χ0) is 22.1. The summed E-state index contributed by atoms with van der Waals surface area (Å²) in [6.07, 6.45) is 2.35. The number of carbonyl (C=O) groups excluding carboxylic acids is 2. The number of nitrogens with one attached hydrogen (secondary N) is 1. The van der Waals surface area contributed by atoms with Crippen molar-refractivity contribution in [1.29, 1.82) is 0 Å². The minimum atomic E-state index is -3.79. The maximum absolute atomic E-state index is 12.6. The normalized spacial score (nSPS) is 14.1. The van der Waals surface area contributed by atoms with Crippen LogP contribution >= 0.6 is 23.2 Å². The van der Waals surface area contributed by atoms with Crippen LogP contribution in [0.2, 0.25) is 10.0 Å². The summed E-state index contributed by atoms with van der Waals surface area (Å²) in [6.45, 7) is 2.06. The summed E-state index contributed by atoms with van der Waals surface area (Å²) in [5.74, 6) is -0.460. The van der Waals surface area contributed by atoms with Crippen molar-refractivity contribution in [2.45, 2.75) is 19.8 Å². The van der Waals surface area contributed by atoms with Crippen molar-refractivity contribution in [3.8, 4) is 0 Å². The summed E-state index contributed by atoms with van der Waals surface area (Å²) in [4.78, 5) is 26.3. The van der Waals surface area contributed by atoms with Gasteiger partial charge in [-0.15, -0.1) is 0 Å². The molecule has 1 heterocycles. The van der Waals surface area contributed by atoms with Crippen LogP contribution in [0.15, 0.2) is 36.4 Å². The Morgan fingerprint density at radius 1 is 1.20 bits per heavy atom. The third kappa shape index (κ3) is 5.06. The van der Waals surface area contributed by atoms with Gasteiger partial charge in [0, 0.05) is 29.4 Å². The van der Waals surface area contributed by atoms with Crippen molar-refractivity contribution in [2.75, 3.05) is 33.9 Å². The van der Waals surface area contributed by atoms with E-state index in [1.54, 1.807) is 23.1 Å². The highest BCUT2D eigenvalue weighted by Gasteiger charge is 2.25. The van der Waals surface area contributed by atoms with E-state index in [4.69, 9.17) is 23.2 Å². The minimum absolute atomic E-state index is 0.0806.